The van der Waals surface area contributed by atoms with Gasteiger partial charge in [0.05, 0.1) is 12.1 Å². The van der Waals surface area contributed by atoms with Crippen molar-refractivity contribution in [3.8, 4) is 5.69 Å². The van der Waals surface area contributed by atoms with Crippen LogP contribution in [0.2, 0.25) is 0 Å². The summed E-state index contributed by atoms with van der Waals surface area (Å²) in [6.07, 6.45) is 1.17. The van der Waals surface area contributed by atoms with E-state index >= 15 is 0 Å². The maximum Gasteiger partial charge on any atom is 0.255 e. The highest BCUT2D eigenvalue weighted by Crippen LogP contribution is 2.13. The number of pyridine rings is 1. The topological polar surface area (TPSA) is 51.1 Å². The van der Waals surface area contributed by atoms with Crippen LogP contribution in [0.1, 0.15) is 5.56 Å². The summed E-state index contributed by atoms with van der Waals surface area (Å²) in [7, 11) is 0. The van der Waals surface area contributed by atoms with Crippen LogP contribution in [-0.2, 0) is 11.2 Å². The van der Waals surface area contributed by atoms with Crippen LogP contribution >= 0.6 is 0 Å². The number of nitrogens with zero attached hydrogens (tertiary/aromatic N) is 1. The van der Waals surface area contributed by atoms with E-state index in [4.69, 9.17) is 0 Å². The number of halogens is 2. The standard InChI is InChI=1S/C19H14F2N2O2/c20-14-6-8-17(21)13(10-14)11-18(24)22-15-7-9-19(25)23(12-15)16-4-2-1-3-5-16/h1-10,12H,11H2,(H,22,24). The summed E-state index contributed by atoms with van der Waals surface area (Å²) in [5.41, 5.74) is 0.749. The molecule has 6 heteroatoms. The Bertz CT molecular complexity index is 969. The minimum Gasteiger partial charge on any atom is -0.324 e. The zero-order valence-electron chi connectivity index (χ0n) is 13.1. The van der Waals surface area contributed by atoms with E-state index in [2.05, 4.69) is 5.32 Å². The normalized spacial score (nSPS) is 10.5. The predicted molar refractivity (Wildman–Crippen MR) is 90.7 cm³/mol. The molecule has 4 nitrogen and oxygen atoms in total. The maximum atomic E-state index is 13.6. The van der Waals surface area contributed by atoms with Gasteiger partial charge in [-0.1, -0.05) is 18.2 Å². The van der Waals surface area contributed by atoms with Crippen LogP contribution in [0.25, 0.3) is 5.69 Å². The highest BCUT2D eigenvalue weighted by Gasteiger charge is 2.10. The van der Waals surface area contributed by atoms with Crippen molar-refractivity contribution in [3.63, 3.8) is 0 Å². The Balaban J connectivity index is 1.80. The van der Waals surface area contributed by atoms with Crippen LogP contribution in [-0.4, -0.2) is 10.5 Å². The molecule has 0 spiro atoms. The van der Waals surface area contributed by atoms with Crippen molar-refractivity contribution in [3.05, 3.63) is 94.4 Å². The van der Waals surface area contributed by atoms with Crippen LogP contribution in [0.4, 0.5) is 14.5 Å². The van der Waals surface area contributed by atoms with Gasteiger partial charge >= 0.3 is 0 Å². The fraction of sp³-hybridized carbons (Fsp3) is 0.0526. The summed E-state index contributed by atoms with van der Waals surface area (Å²) >= 11 is 0. The van der Waals surface area contributed by atoms with Gasteiger partial charge in [0.1, 0.15) is 11.6 Å². The van der Waals surface area contributed by atoms with Crippen LogP contribution in [0.5, 0.6) is 0 Å². The number of carbonyl (C=O) groups excluding carboxylic acids is 1. The molecule has 0 unspecified atom stereocenters. The lowest BCUT2D eigenvalue weighted by molar-refractivity contribution is -0.115. The van der Waals surface area contributed by atoms with Gasteiger partial charge in [0.2, 0.25) is 5.91 Å². The number of carbonyl (C=O) groups is 1. The van der Waals surface area contributed by atoms with Gasteiger partial charge in [-0.3, -0.25) is 14.2 Å². The summed E-state index contributed by atoms with van der Waals surface area (Å²) < 4.78 is 28.2. The quantitative estimate of drug-likeness (QED) is 0.792. The lowest BCUT2D eigenvalue weighted by Gasteiger charge is -2.10. The van der Waals surface area contributed by atoms with E-state index < -0.39 is 17.5 Å². The largest absolute Gasteiger partial charge is 0.324 e. The fourth-order valence-corrected chi connectivity index (χ4v) is 2.41. The number of nitrogens with one attached hydrogen (secondary N) is 1. The average Bonchev–Trinajstić information content (AvgIpc) is 2.60. The Morgan fingerprint density at radius 2 is 1.76 bits per heavy atom. The SMILES string of the molecule is O=C(Cc1cc(F)ccc1F)Nc1ccc(=O)n(-c2ccccc2)c1. The second-order valence-electron chi connectivity index (χ2n) is 5.42. The van der Waals surface area contributed by atoms with E-state index in [1.165, 1.54) is 22.9 Å². The van der Waals surface area contributed by atoms with Gasteiger partial charge < -0.3 is 5.32 Å². The van der Waals surface area contributed by atoms with E-state index in [1.54, 1.807) is 24.3 Å². The summed E-state index contributed by atoms with van der Waals surface area (Å²) in [5, 5.41) is 2.59. The van der Waals surface area contributed by atoms with Gasteiger partial charge in [-0.2, -0.15) is 0 Å². The minimum atomic E-state index is -0.647. The number of hydrogen-bond acceptors (Lipinski definition) is 2. The highest BCUT2D eigenvalue weighted by atomic mass is 19.1. The van der Waals surface area contributed by atoms with Crippen molar-refractivity contribution in [1.29, 1.82) is 0 Å². The van der Waals surface area contributed by atoms with Gasteiger partial charge in [0, 0.05) is 23.5 Å². The summed E-state index contributed by atoms with van der Waals surface area (Å²) in [5.74, 6) is -1.77. The maximum absolute atomic E-state index is 13.6. The Morgan fingerprint density at radius 1 is 1.00 bits per heavy atom. The first kappa shape index (κ1) is 16.6. The lowest BCUT2D eigenvalue weighted by atomic mass is 10.1. The van der Waals surface area contributed by atoms with Gasteiger partial charge in [-0.05, 0) is 36.4 Å². The molecule has 0 aliphatic heterocycles. The number of aromatic nitrogens is 1. The number of hydrogen-bond donors (Lipinski definition) is 1. The Morgan fingerprint density at radius 3 is 2.52 bits per heavy atom. The van der Waals surface area contributed by atoms with Gasteiger partial charge in [0.25, 0.3) is 5.56 Å². The van der Waals surface area contributed by atoms with Crippen molar-refractivity contribution in [2.75, 3.05) is 5.32 Å². The Hall–Kier alpha value is -3.28. The van der Waals surface area contributed by atoms with Gasteiger partial charge in [-0.15, -0.1) is 0 Å². The van der Waals surface area contributed by atoms with E-state index in [0.29, 0.717) is 11.4 Å². The Kier molecular flexibility index (Phi) is 4.70. The molecule has 0 bridgehead atoms. The smallest absolute Gasteiger partial charge is 0.255 e. The minimum absolute atomic E-state index is 0.0334. The van der Waals surface area contributed by atoms with Crippen LogP contribution in [0, 0.1) is 11.6 Å². The van der Waals surface area contributed by atoms with Crippen LogP contribution in [0.3, 0.4) is 0 Å². The summed E-state index contributed by atoms with van der Waals surface area (Å²) in [6, 6.07) is 14.7. The van der Waals surface area contributed by atoms with Gasteiger partial charge in [0.15, 0.2) is 0 Å². The molecule has 3 aromatic rings. The molecule has 3 rings (SSSR count). The van der Waals surface area contributed by atoms with Crippen LogP contribution in [0.15, 0.2) is 71.7 Å². The van der Waals surface area contributed by atoms with Crippen molar-refractivity contribution in [2.45, 2.75) is 6.42 Å². The lowest BCUT2D eigenvalue weighted by Crippen LogP contribution is -2.20. The molecule has 1 amide bonds. The molecular formula is C19H14F2N2O2. The van der Waals surface area contributed by atoms with Crippen molar-refractivity contribution in [1.82, 2.24) is 4.57 Å². The molecule has 1 N–H and O–H groups in total. The highest BCUT2D eigenvalue weighted by molar-refractivity contribution is 5.92. The molecule has 0 atom stereocenters. The molecular weight excluding hydrogens is 326 g/mol. The second kappa shape index (κ2) is 7.09. The number of benzene rings is 2. The van der Waals surface area contributed by atoms with Crippen LogP contribution < -0.4 is 10.9 Å². The predicted octanol–water partition coefficient (Wildman–Crippen LogP) is 3.30. The van der Waals surface area contributed by atoms with Crippen molar-refractivity contribution < 1.29 is 13.6 Å². The van der Waals surface area contributed by atoms with E-state index in [0.717, 1.165) is 18.2 Å². The molecule has 126 valence electrons. The van der Waals surface area contributed by atoms with Crippen molar-refractivity contribution >= 4 is 11.6 Å². The molecule has 1 heterocycles. The Labute approximate surface area is 142 Å². The molecule has 0 saturated carbocycles. The third kappa shape index (κ3) is 3.98. The van der Waals surface area contributed by atoms with Gasteiger partial charge in [-0.25, -0.2) is 8.78 Å². The van der Waals surface area contributed by atoms with Crippen molar-refractivity contribution in [2.24, 2.45) is 0 Å². The number of anilines is 1. The molecule has 0 radical (unpaired) electrons. The molecule has 0 aliphatic rings. The zero-order valence-corrected chi connectivity index (χ0v) is 13.1. The summed E-state index contributed by atoms with van der Waals surface area (Å²) in [6.45, 7) is 0. The van der Waals surface area contributed by atoms with E-state index in [-0.39, 0.29) is 17.5 Å². The number of para-hydroxylation sites is 1. The molecule has 0 aliphatic carbocycles. The molecule has 0 saturated heterocycles. The summed E-state index contributed by atoms with van der Waals surface area (Å²) in [4.78, 5) is 24.1. The number of amides is 1. The molecule has 25 heavy (non-hydrogen) atoms. The molecule has 0 fully saturated rings. The van der Waals surface area contributed by atoms with E-state index in [9.17, 15) is 18.4 Å². The first-order chi connectivity index (χ1) is 12.0. The molecule has 2 aromatic carbocycles. The zero-order chi connectivity index (χ0) is 17.8. The fourth-order valence-electron chi connectivity index (χ4n) is 2.41. The number of rotatable bonds is 4. The monoisotopic (exact) mass is 340 g/mol. The third-order valence-corrected chi connectivity index (χ3v) is 3.59. The first-order valence-corrected chi connectivity index (χ1v) is 7.55. The second-order valence-corrected chi connectivity index (χ2v) is 5.42. The van der Waals surface area contributed by atoms with E-state index in [1.807, 2.05) is 6.07 Å². The third-order valence-electron chi connectivity index (χ3n) is 3.59. The average molecular weight is 340 g/mol. The molecule has 1 aromatic heterocycles. The first-order valence-electron chi connectivity index (χ1n) is 7.55.